The summed E-state index contributed by atoms with van der Waals surface area (Å²) in [6.07, 6.45) is 1.48. The van der Waals surface area contributed by atoms with Crippen LogP contribution in [0, 0.1) is 0 Å². The number of hydrogen-bond acceptors (Lipinski definition) is 5. The summed E-state index contributed by atoms with van der Waals surface area (Å²) >= 11 is 0. The van der Waals surface area contributed by atoms with E-state index in [1.807, 2.05) is 0 Å². The molecule has 122 valence electrons. The number of carboxylic acids is 1. The van der Waals surface area contributed by atoms with Gasteiger partial charge in [0, 0.05) is 20.2 Å². The fraction of sp³-hybridized carbons (Fsp3) is 0.312. The van der Waals surface area contributed by atoms with Crippen molar-refractivity contribution in [1.29, 1.82) is 0 Å². The van der Waals surface area contributed by atoms with Crippen LogP contribution < -0.4 is 5.11 Å². The first kappa shape index (κ1) is 16.7. The third kappa shape index (κ3) is 3.57. The Hall–Kier alpha value is -2.67. The first-order valence-corrected chi connectivity index (χ1v) is 7.02. The molecular formula is C16H17N2O5-. The Morgan fingerprint density at radius 3 is 2.43 bits per heavy atom. The Morgan fingerprint density at radius 1 is 1.26 bits per heavy atom. The predicted molar refractivity (Wildman–Crippen MR) is 79.3 cm³/mol. The van der Waals surface area contributed by atoms with Crippen LogP contribution in [0.2, 0.25) is 0 Å². The molecule has 0 N–H and O–H groups in total. The highest BCUT2D eigenvalue weighted by Crippen LogP contribution is 2.27. The molecule has 1 aromatic rings. The molecule has 0 fully saturated rings. The van der Waals surface area contributed by atoms with E-state index in [1.165, 1.54) is 25.1 Å². The van der Waals surface area contributed by atoms with E-state index in [0.717, 1.165) is 4.90 Å². The number of hydrogen-bond donors (Lipinski definition) is 0. The van der Waals surface area contributed by atoms with E-state index in [-0.39, 0.29) is 12.5 Å². The number of amides is 2. The van der Waals surface area contributed by atoms with Gasteiger partial charge in [-0.15, -0.1) is 0 Å². The highest BCUT2D eigenvalue weighted by molar-refractivity contribution is 5.98. The lowest BCUT2D eigenvalue weighted by Crippen LogP contribution is -2.55. The second-order valence-electron chi connectivity index (χ2n) is 5.07. The number of nitrogens with zero attached hydrogens (tertiary/aromatic N) is 2. The number of benzene rings is 1. The molecule has 1 aliphatic heterocycles. The second kappa shape index (κ2) is 7.06. The summed E-state index contributed by atoms with van der Waals surface area (Å²) in [6.45, 7) is 0.718. The molecule has 1 heterocycles. The normalized spacial score (nSPS) is 17.9. The monoisotopic (exact) mass is 317 g/mol. The number of carbonyl (C=O) groups is 3. The molecule has 0 radical (unpaired) electrons. The Bertz CT molecular complexity index is 641. The first-order valence-electron chi connectivity index (χ1n) is 7.02. The molecule has 7 nitrogen and oxygen atoms in total. The average molecular weight is 317 g/mol. The molecule has 1 aromatic carbocycles. The van der Waals surface area contributed by atoms with Gasteiger partial charge in [0.2, 0.25) is 5.91 Å². The molecule has 1 unspecified atom stereocenters. The van der Waals surface area contributed by atoms with Crippen molar-refractivity contribution in [2.24, 2.45) is 0 Å². The lowest BCUT2D eigenvalue weighted by Gasteiger charge is -2.39. The van der Waals surface area contributed by atoms with E-state index in [2.05, 4.69) is 0 Å². The smallest absolute Gasteiger partial charge is 0.252 e. The van der Waals surface area contributed by atoms with Crippen LogP contribution in [0.15, 0.2) is 36.5 Å². The van der Waals surface area contributed by atoms with Gasteiger partial charge in [-0.25, -0.2) is 0 Å². The molecule has 2 amide bonds. The Balaban J connectivity index is 2.53. The molecule has 1 atom stereocenters. The number of aliphatic carboxylic acids is 1. The molecule has 0 saturated heterocycles. The van der Waals surface area contributed by atoms with Gasteiger partial charge in [0.05, 0.1) is 24.8 Å². The zero-order valence-electron chi connectivity index (χ0n) is 12.9. The molecule has 0 spiro atoms. The maximum atomic E-state index is 12.7. The van der Waals surface area contributed by atoms with Crippen LogP contribution in [0.1, 0.15) is 12.5 Å². The molecule has 1 aliphatic rings. The zero-order valence-corrected chi connectivity index (χ0v) is 12.9. The van der Waals surface area contributed by atoms with Crippen LogP contribution in [0.25, 0.3) is 5.70 Å². The number of rotatable bonds is 5. The molecule has 0 bridgehead atoms. The summed E-state index contributed by atoms with van der Waals surface area (Å²) in [4.78, 5) is 37.9. The lowest BCUT2D eigenvalue weighted by atomic mass is 10.1. The van der Waals surface area contributed by atoms with Crippen molar-refractivity contribution in [3.05, 3.63) is 42.1 Å². The molecule has 7 heteroatoms. The molecule has 0 aromatic heterocycles. The zero-order chi connectivity index (χ0) is 17.0. The third-order valence-electron chi connectivity index (χ3n) is 3.48. The summed E-state index contributed by atoms with van der Waals surface area (Å²) in [5, 5.41) is 11.0. The van der Waals surface area contributed by atoms with Crippen molar-refractivity contribution in [1.82, 2.24) is 9.80 Å². The van der Waals surface area contributed by atoms with Crippen LogP contribution in [-0.2, 0) is 19.1 Å². The van der Waals surface area contributed by atoms with Gasteiger partial charge in [-0.05, 0) is 5.56 Å². The summed E-state index contributed by atoms with van der Waals surface area (Å²) in [5.74, 6) is -2.23. The summed E-state index contributed by atoms with van der Waals surface area (Å²) in [7, 11) is 1.41. The maximum Gasteiger partial charge on any atom is 0.252 e. The van der Waals surface area contributed by atoms with Crippen LogP contribution in [0.3, 0.4) is 0 Å². The van der Waals surface area contributed by atoms with E-state index in [0.29, 0.717) is 11.3 Å². The van der Waals surface area contributed by atoms with Gasteiger partial charge in [0.25, 0.3) is 5.91 Å². The van der Waals surface area contributed by atoms with E-state index >= 15 is 0 Å². The predicted octanol–water partition coefficient (Wildman–Crippen LogP) is -0.559. The number of carbonyl (C=O) groups excluding carboxylic acids is 3. The van der Waals surface area contributed by atoms with Gasteiger partial charge in [-0.2, -0.15) is 0 Å². The van der Waals surface area contributed by atoms with Crippen molar-refractivity contribution in [3.8, 4) is 0 Å². The van der Waals surface area contributed by atoms with Gasteiger partial charge in [0.15, 0.2) is 0 Å². The number of methoxy groups -OCH3 is 1. The third-order valence-corrected chi connectivity index (χ3v) is 3.48. The van der Waals surface area contributed by atoms with Crippen LogP contribution in [-0.4, -0.2) is 53.9 Å². The molecule has 0 saturated carbocycles. The van der Waals surface area contributed by atoms with Crippen LogP contribution >= 0.6 is 0 Å². The second-order valence-corrected chi connectivity index (χ2v) is 5.07. The minimum absolute atomic E-state index is 0.0273. The minimum atomic E-state index is -1.38. The van der Waals surface area contributed by atoms with Gasteiger partial charge in [-0.1, -0.05) is 30.3 Å². The summed E-state index contributed by atoms with van der Waals surface area (Å²) < 4.78 is 4.99. The van der Waals surface area contributed by atoms with Crippen molar-refractivity contribution in [3.63, 3.8) is 0 Å². The average Bonchev–Trinajstić information content (AvgIpc) is 2.51. The van der Waals surface area contributed by atoms with Crippen molar-refractivity contribution < 1.29 is 24.2 Å². The van der Waals surface area contributed by atoms with E-state index in [1.54, 1.807) is 30.3 Å². The van der Waals surface area contributed by atoms with Crippen molar-refractivity contribution >= 4 is 23.5 Å². The van der Waals surface area contributed by atoms with Crippen molar-refractivity contribution in [2.45, 2.75) is 13.0 Å². The standard InChI is InChI=1S/C16H18N2O5/c1-11(19)17-8-13(12-6-4-3-5-7-12)18(9-15(20)21)16(22)14(17)10-23-2/h3-8,14H,9-10H2,1-2H3,(H,20,21)/p-1. The topological polar surface area (TPSA) is 90.0 Å². The Labute approximate surface area is 133 Å². The number of ether oxygens (including phenoxy) is 1. The highest BCUT2D eigenvalue weighted by atomic mass is 16.5. The lowest BCUT2D eigenvalue weighted by molar-refractivity contribution is -0.305. The number of carboxylic acid groups (broad SMARTS) is 1. The van der Waals surface area contributed by atoms with Crippen LogP contribution in [0.4, 0.5) is 0 Å². The van der Waals surface area contributed by atoms with E-state index in [9.17, 15) is 19.5 Å². The van der Waals surface area contributed by atoms with Crippen molar-refractivity contribution in [2.75, 3.05) is 20.3 Å². The fourth-order valence-corrected chi connectivity index (χ4v) is 2.46. The first-order chi connectivity index (χ1) is 11.0. The van der Waals surface area contributed by atoms with Gasteiger partial charge in [0.1, 0.15) is 6.04 Å². The van der Waals surface area contributed by atoms with E-state index in [4.69, 9.17) is 4.74 Å². The molecular weight excluding hydrogens is 300 g/mol. The Kier molecular flexibility index (Phi) is 5.13. The van der Waals surface area contributed by atoms with Gasteiger partial charge >= 0.3 is 0 Å². The summed E-state index contributed by atoms with van der Waals surface area (Å²) in [5.41, 5.74) is 0.964. The SMILES string of the molecule is COCC1C(=O)N(CC(=O)[O-])C(c2ccccc2)=CN1C(C)=O. The minimum Gasteiger partial charge on any atom is -0.548 e. The quantitative estimate of drug-likeness (QED) is 0.726. The van der Waals surface area contributed by atoms with Crippen LogP contribution in [0.5, 0.6) is 0 Å². The molecule has 23 heavy (non-hydrogen) atoms. The largest absolute Gasteiger partial charge is 0.548 e. The maximum absolute atomic E-state index is 12.7. The summed E-state index contributed by atoms with van der Waals surface area (Å²) in [6, 6.07) is 7.89. The van der Waals surface area contributed by atoms with Gasteiger partial charge in [-0.3, -0.25) is 9.59 Å². The highest BCUT2D eigenvalue weighted by Gasteiger charge is 2.37. The molecule has 2 rings (SSSR count). The Morgan fingerprint density at radius 2 is 1.91 bits per heavy atom. The van der Waals surface area contributed by atoms with E-state index < -0.39 is 24.5 Å². The fourth-order valence-electron chi connectivity index (χ4n) is 2.46. The van der Waals surface area contributed by atoms with Gasteiger partial charge < -0.3 is 24.4 Å². The molecule has 0 aliphatic carbocycles.